The van der Waals surface area contributed by atoms with Gasteiger partial charge in [-0.1, -0.05) is 115 Å². The summed E-state index contributed by atoms with van der Waals surface area (Å²) in [5.41, 5.74) is 14.5. The zero-order valence-corrected chi connectivity index (χ0v) is 28.2. The van der Waals surface area contributed by atoms with E-state index >= 15 is 0 Å². The highest BCUT2D eigenvalue weighted by Crippen LogP contribution is 2.38. The lowest BCUT2D eigenvalue weighted by Gasteiger charge is -2.12. The molecular formula is C48H36N2. The van der Waals surface area contributed by atoms with E-state index in [-0.39, 0.29) is 0 Å². The van der Waals surface area contributed by atoms with Crippen molar-refractivity contribution in [2.45, 2.75) is 13.8 Å². The van der Waals surface area contributed by atoms with Crippen LogP contribution in [0.15, 0.2) is 182 Å². The lowest BCUT2D eigenvalue weighted by Crippen LogP contribution is -1.94. The zero-order chi connectivity index (χ0) is 33.6. The Labute approximate surface area is 292 Å². The average Bonchev–Trinajstić information content (AvgIpc) is 3.69. The number of para-hydroxylation sites is 3. The number of aromatic nitrogens is 2. The molecule has 0 aliphatic rings. The van der Waals surface area contributed by atoms with E-state index in [1.165, 1.54) is 82.7 Å². The molecule has 2 heterocycles. The topological polar surface area (TPSA) is 9.86 Å². The van der Waals surface area contributed by atoms with Crippen LogP contribution in [-0.4, -0.2) is 9.13 Å². The molecule has 0 aliphatic heterocycles. The minimum atomic E-state index is 1.15. The van der Waals surface area contributed by atoms with Crippen LogP contribution in [-0.2, 0) is 0 Å². The maximum Gasteiger partial charge on any atom is 0.0541 e. The third-order valence-corrected chi connectivity index (χ3v) is 9.98. The van der Waals surface area contributed by atoms with Gasteiger partial charge in [0.2, 0.25) is 0 Å². The summed E-state index contributed by atoms with van der Waals surface area (Å²) >= 11 is 0. The summed E-state index contributed by atoms with van der Waals surface area (Å²) in [6.07, 6.45) is 6.44. The molecule has 2 aromatic heterocycles. The molecule has 238 valence electrons. The molecule has 0 N–H and O–H groups in total. The van der Waals surface area contributed by atoms with E-state index in [1.807, 2.05) is 0 Å². The molecule has 0 bridgehead atoms. The molecule has 2 heteroatoms. The minimum Gasteiger partial charge on any atom is -0.309 e. The highest BCUT2D eigenvalue weighted by molar-refractivity contribution is 6.12. The molecule has 0 amide bonds. The predicted molar refractivity (Wildman–Crippen MR) is 214 cm³/mol. The molecular weight excluding hydrogens is 605 g/mol. The largest absolute Gasteiger partial charge is 0.309 e. The molecule has 0 radical (unpaired) electrons. The third-order valence-electron chi connectivity index (χ3n) is 9.98. The number of hydrogen-bond donors (Lipinski definition) is 0. The van der Waals surface area contributed by atoms with Crippen molar-refractivity contribution in [3.8, 4) is 33.6 Å². The predicted octanol–water partition coefficient (Wildman–Crippen LogP) is 13.2. The van der Waals surface area contributed by atoms with E-state index in [2.05, 4.69) is 205 Å². The van der Waals surface area contributed by atoms with Gasteiger partial charge in [-0.15, -0.1) is 0 Å². The summed E-state index contributed by atoms with van der Waals surface area (Å²) in [7, 11) is 0. The Hall–Kier alpha value is -6.38. The first-order valence-electron chi connectivity index (χ1n) is 17.3. The number of nitrogens with zero attached hydrogens (tertiary/aromatic N) is 2. The maximum absolute atomic E-state index is 2.41. The highest BCUT2D eigenvalue weighted by Gasteiger charge is 2.16. The van der Waals surface area contributed by atoms with Crippen molar-refractivity contribution in [1.29, 1.82) is 0 Å². The van der Waals surface area contributed by atoms with E-state index in [0.29, 0.717) is 0 Å². The van der Waals surface area contributed by atoms with E-state index in [9.17, 15) is 0 Å². The van der Waals surface area contributed by atoms with E-state index in [0.717, 1.165) is 5.69 Å². The summed E-state index contributed by atoms with van der Waals surface area (Å²) < 4.78 is 4.78. The molecule has 7 aromatic carbocycles. The molecule has 0 aliphatic carbocycles. The fourth-order valence-corrected chi connectivity index (χ4v) is 7.68. The van der Waals surface area contributed by atoms with Gasteiger partial charge in [-0.25, -0.2) is 0 Å². The first-order chi connectivity index (χ1) is 24.7. The van der Waals surface area contributed by atoms with E-state index < -0.39 is 0 Å². The monoisotopic (exact) mass is 640 g/mol. The Morgan fingerprint density at radius 1 is 0.400 bits per heavy atom. The van der Waals surface area contributed by atoms with Crippen LogP contribution in [0, 0.1) is 0 Å². The molecule has 2 nitrogen and oxygen atoms in total. The van der Waals surface area contributed by atoms with Crippen LogP contribution in [0.5, 0.6) is 0 Å². The zero-order valence-electron chi connectivity index (χ0n) is 28.2. The normalized spacial score (nSPS) is 12.2. The van der Waals surface area contributed by atoms with Gasteiger partial charge < -0.3 is 9.13 Å². The van der Waals surface area contributed by atoms with Crippen molar-refractivity contribution in [3.63, 3.8) is 0 Å². The first kappa shape index (κ1) is 29.7. The summed E-state index contributed by atoms with van der Waals surface area (Å²) in [6, 6.07) is 59.8. The quantitative estimate of drug-likeness (QED) is 0.160. The highest BCUT2D eigenvalue weighted by atomic mass is 15.0. The first-order valence-corrected chi connectivity index (χ1v) is 17.3. The Morgan fingerprint density at radius 2 is 0.900 bits per heavy atom. The van der Waals surface area contributed by atoms with Gasteiger partial charge in [0, 0.05) is 32.9 Å². The molecule has 0 saturated carbocycles. The standard InChI is InChI=1S/C48H36N2/c1-3-14-33(4-2)34-15-12-16-35(29-34)36-17-13-20-40(30-36)50-46-24-11-9-22-42(46)44-32-38(26-28-48(44)50)37-25-27-47-43(31-37)41-21-8-10-23-45(41)49(47)39-18-6-5-7-19-39/h3-32H,1-2H3/b14-3-,33-4+. The van der Waals surface area contributed by atoms with Crippen LogP contribution in [0.1, 0.15) is 19.4 Å². The Bertz CT molecular complexity index is 2770. The smallest absolute Gasteiger partial charge is 0.0541 e. The van der Waals surface area contributed by atoms with E-state index in [1.54, 1.807) is 0 Å². The summed E-state index contributed by atoms with van der Waals surface area (Å²) in [5, 5.41) is 5.03. The van der Waals surface area contributed by atoms with Gasteiger partial charge in [-0.05, 0) is 114 Å². The van der Waals surface area contributed by atoms with Gasteiger partial charge >= 0.3 is 0 Å². The second-order valence-electron chi connectivity index (χ2n) is 12.9. The Kier molecular flexibility index (Phi) is 7.29. The van der Waals surface area contributed by atoms with Crippen LogP contribution in [0.2, 0.25) is 0 Å². The van der Waals surface area contributed by atoms with Crippen LogP contribution < -0.4 is 0 Å². The second kappa shape index (κ2) is 12.3. The minimum absolute atomic E-state index is 1.15. The lowest BCUT2D eigenvalue weighted by atomic mass is 9.98. The lowest BCUT2D eigenvalue weighted by molar-refractivity contribution is 1.18. The fourth-order valence-electron chi connectivity index (χ4n) is 7.68. The Balaban J connectivity index is 1.18. The van der Waals surface area contributed by atoms with Gasteiger partial charge in [0.05, 0.1) is 22.1 Å². The maximum atomic E-state index is 2.41. The van der Waals surface area contributed by atoms with Crippen molar-refractivity contribution >= 4 is 49.2 Å². The molecule has 0 spiro atoms. The number of allylic oxidation sites excluding steroid dienone is 4. The molecule has 0 saturated heterocycles. The number of rotatable bonds is 6. The van der Waals surface area contributed by atoms with Crippen molar-refractivity contribution in [1.82, 2.24) is 9.13 Å². The van der Waals surface area contributed by atoms with Crippen molar-refractivity contribution in [2.75, 3.05) is 0 Å². The van der Waals surface area contributed by atoms with Gasteiger partial charge in [0.1, 0.15) is 0 Å². The van der Waals surface area contributed by atoms with Gasteiger partial charge in [-0.3, -0.25) is 0 Å². The van der Waals surface area contributed by atoms with E-state index in [4.69, 9.17) is 0 Å². The van der Waals surface area contributed by atoms with Crippen LogP contribution in [0.3, 0.4) is 0 Å². The summed E-state index contributed by atoms with van der Waals surface area (Å²) in [4.78, 5) is 0. The molecule has 9 aromatic rings. The third kappa shape index (κ3) is 4.88. The summed E-state index contributed by atoms with van der Waals surface area (Å²) in [6.45, 7) is 4.16. The fraction of sp³-hybridized carbons (Fsp3) is 0.0417. The van der Waals surface area contributed by atoms with Crippen LogP contribution in [0.25, 0.3) is 82.8 Å². The van der Waals surface area contributed by atoms with Crippen LogP contribution in [0.4, 0.5) is 0 Å². The molecule has 0 unspecified atom stereocenters. The van der Waals surface area contributed by atoms with Crippen molar-refractivity contribution < 1.29 is 0 Å². The molecule has 0 atom stereocenters. The number of fused-ring (bicyclic) bond motifs is 6. The number of benzene rings is 7. The molecule has 9 rings (SSSR count). The van der Waals surface area contributed by atoms with Crippen LogP contribution >= 0.6 is 0 Å². The average molecular weight is 641 g/mol. The number of hydrogen-bond acceptors (Lipinski definition) is 0. The SMILES string of the molecule is C/C=C\C(=C/C)c1cccc(-c2cccc(-n3c4ccccc4c4cc(-c5ccc6c(c5)c5ccccc5n6-c5ccccc5)ccc43)c2)c1. The van der Waals surface area contributed by atoms with Gasteiger partial charge in [0.15, 0.2) is 0 Å². The van der Waals surface area contributed by atoms with Crippen molar-refractivity contribution in [2.24, 2.45) is 0 Å². The Morgan fingerprint density at radius 3 is 1.52 bits per heavy atom. The van der Waals surface area contributed by atoms with Crippen molar-refractivity contribution in [3.05, 3.63) is 188 Å². The second-order valence-corrected chi connectivity index (χ2v) is 12.9. The molecule has 50 heavy (non-hydrogen) atoms. The van der Waals surface area contributed by atoms with Gasteiger partial charge in [-0.2, -0.15) is 0 Å². The van der Waals surface area contributed by atoms with Gasteiger partial charge in [0.25, 0.3) is 0 Å². The summed E-state index contributed by atoms with van der Waals surface area (Å²) in [5.74, 6) is 0. The molecule has 0 fully saturated rings.